The van der Waals surface area contributed by atoms with E-state index in [0.717, 1.165) is 0 Å². The Hall–Kier alpha value is 0.573. The Morgan fingerprint density at radius 2 is 2.25 bits per heavy atom. The van der Waals surface area contributed by atoms with Crippen molar-refractivity contribution < 1.29 is 25.9 Å². The third kappa shape index (κ3) is 16.0. The van der Waals surface area contributed by atoms with E-state index in [4.69, 9.17) is 0 Å². The summed E-state index contributed by atoms with van der Waals surface area (Å²) in [4.78, 5) is 9.78. The Morgan fingerprint density at radius 1 is 1.88 bits per heavy atom. The van der Waals surface area contributed by atoms with Gasteiger partial charge in [0.15, 0.2) is 0 Å². The molecule has 8 heavy (non-hydrogen) atoms. The van der Waals surface area contributed by atoms with Gasteiger partial charge in [-0.3, -0.25) is 4.79 Å². The molecule has 0 aliphatic heterocycles. The van der Waals surface area contributed by atoms with Crippen LogP contribution in [-0.4, -0.2) is 12.6 Å². The van der Waals surface area contributed by atoms with Crippen molar-refractivity contribution in [3.8, 4) is 0 Å². The quantitative estimate of drug-likeness (QED) is 0.386. The van der Waals surface area contributed by atoms with Crippen LogP contribution in [0.3, 0.4) is 0 Å². The average Bonchev–Trinajstić information content (AvgIpc) is 1.72. The zero-order valence-electron chi connectivity index (χ0n) is 4.82. The van der Waals surface area contributed by atoms with E-state index >= 15 is 0 Å². The summed E-state index contributed by atoms with van der Waals surface area (Å²) >= 11 is 4.25. The molecule has 2 nitrogen and oxygen atoms in total. The van der Waals surface area contributed by atoms with Crippen LogP contribution in [0.2, 0.25) is 0 Å². The molecule has 0 aliphatic rings. The van der Waals surface area contributed by atoms with Crippen LogP contribution in [0.1, 0.15) is 6.92 Å². The second-order valence-electron chi connectivity index (χ2n) is 0.840. The molecule has 0 radical (unpaired) electrons. The first-order chi connectivity index (χ1) is 3.77. The maximum absolute atomic E-state index is 9.78. The summed E-state index contributed by atoms with van der Waals surface area (Å²) in [6, 6.07) is 0. The van der Waals surface area contributed by atoms with E-state index < -0.39 is 0 Å². The summed E-state index contributed by atoms with van der Waals surface area (Å²) < 4.78 is 4.29. The normalized spacial score (nSPS) is 6.62. The molecule has 0 aromatic heterocycles. The summed E-state index contributed by atoms with van der Waals surface area (Å²) in [6.45, 7) is 4.87. The van der Waals surface area contributed by atoms with Gasteiger partial charge in [0.05, 0.1) is 0 Å². The van der Waals surface area contributed by atoms with Crippen molar-refractivity contribution in [2.45, 2.75) is 6.92 Å². The van der Waals surface area contributed by atoms with E-state index in [1.165, 1.54) is 23.3 Å². The first kappa shape index (κ1) is 11.4. The van der Waals surface area contributed by atoms with Gasteiger partial charge in [-0.25, -0.2) is 0 Å². The van der Waals surface area contributed by atoms with Crippen molar-refractivity contribution in [1.29, 1.82) is 0 Å². The number of halogens is 1. The van der Waals surface area contributed by atoms with Crippen LogP contribution in [0.4, 0.5) is 0 Å². The number of hydrogen-bond acceptors (Lipinski definition) is 2. The fraction of sp³-hybridized carbons (Fsp3) is 0.500. The SMILES string of the molecule is [CH2-]COC(C)=O.[Zn+][Br]. The second-order valence-corrected chi connectivity index (χ2v) is 0.840. The van der Waals surface area contributed by atoms with E-state index in [1.807, 2.05) is 0 Å². The van der Waals surface area contributed by atoms with Gasteiger partial charge in [-0.1, -0.05) is 0 Å². The molecule has 0 unspecified atom stereocenters. The molecule has 0 N–H and O–H groups in total. The van der Waals surface area contributed by atoms with Gasteiger partial charge in [0, 0.05) is 6.92 Å². The number of carbonyl (C=O) groups excluding carboxylic acids is 1. The van der Waals surface area contributed by atoms with Gasteiger partial charge < -0.3 is 11.7 Å². The van der Waals surface area contributed by atoms with E-state index in [0.29, 0.717) is 0 Å². The van der Waals surface area contributed by atoms with Crippen LogP contribution in [0, 0.1) is 6.92 Å². The number of rotatable bonds is 1. The van der Waals surface area contributed by atoms with Crippen LogP contribution >= 0.6 is 13.6 Å². The number of esters is 1. The van der Waals surface area contributed by atoms with Crippen molar-refractivity contribution in [3.05, 3.63) is 6.92 Å². The fourth-order valence-electron chi connectivity index (χ4n) is 0.144. The van der Waals surface area contributed by atoms with Crippen LogP contribution in [0.5, 0.6) is 0 Å². The second kappa shape index (κ2) is 10.5. The molecule has 0 atom stereocenters. The monoisotopic (exact) mass is 230 g/mol. The number of carbonyl (C=O) groups is 1. The summed E-state index contributed by atoms with van der Waals surface area (Å²) in [7, 11) is 0. The molecule has 0 aliphatic carbocycles. The maximum atomic E-state index is 9.78. The minimum absolute atomic E-state index is 0.231. The van der Waals surface area contributed by atoms with Crippen LogP contribution in [0.15, 0.2) is 0 Å². The van der Waals surface area contributed by atoms with Crippen molar-refractivity contribution in [2.24, 2.45) is 0 Å². The molecule has 0 aromatic carbocycles. The predicted molar refractivity (Wildman–Crippen MR) is 30.9 cm³/mol. The van der Waals surface area contributed by atoms with Gasteiger partial charge in [0.1, 0.15) is 0 Å². The van der Waals surface area contributed by atoms with Gasteiger partial charge in [-0.2, -0.15) is 0 Å². The third-order valence-electron chi connectivity index (χ3n) is 0.305. The Morgan fingerprint density at radius 3 is 2.25 bits per heavy atom. The standard InChI is InChI=1S/C4H7O2.BrH.Zn/c1-3-6-4(2)5;;/h1,3H2,2H3;1H;/q-1;;+2/p-1. The zero-order chi connectivity index (χ0) is 6.99. The average molecular weight is 232 g/mol. The van der Waals surface area contributed by atoms with E-state index in [2.05, 4.69) is 25.3 Å². The Kier molecular flexibility index (Phi) is 15.0. The van der Waals surface area contributed by atoms with E-state index in [-0.39, 0.29) is 12.6 Å². The summed E-state index contributed by atoms with van der Waals surface area (Å²) in [6.07, 6.45) is 0. The Bertz CT molecular complexity index is 58.0. The van der Waals surface area contributed by atoms with Gasteiger partial charge in [-0.15, -0.1) is 0 Å². The van der Waals surface area contributed by atoms with Crippen molar-refractivity contribution in [3.63, 3.8) is 0 Å². The Balaban J connectivity index is 0. The number of hydrogen-bond donors (Lipinski definition) is 0. The molecule has 0 bridgehead atoms. The predicted octanol–water partition coefficient (Wildman–Crippen LogP) is 1.23. The van der Waals surface area contributed by atoms with E-state index in [9.17, 15) is 4.79 Å². The third-order valence-corrected chi connectivity index (χ3v) is 0.305. The van der Waals surface area contributed by atoms with Gasteiger partial charge in [0.25, 0.3) is 5.97 Å². The first-order valence-electron chi connectivity index (χ1n) is 1.96. The summed E-state index contributed by atoms with van der Waals surface area (Å²) in [5.74, 6) is -0.273. The molecule has 0 fully saturated rings. The molecule has 0 spiro atoms. The summed E-state index contributed by atoms with van der Waals surface area (Å²) in [5.41, 5.74) is 0. The minimum atomic E-state index is -0.273. The van der Waals surface area contributed by atoms with Crippen LogP contribution in [-0.2, 0) is 25.9 Å². The van der Waals surface area contributed by atoms with Crippen molar-refractivity contribution in [1.82, 2.24) is 0 Å². The number of ether oxygens (including phenoxy) is 1. The van der Waals surface area contributed by atoms with Gasteiger partial charge in [-0.05, 0) is 6.61 Å². The van der Waals surface area contributed by atoms with Crippen molar-refractivity contribution in [2.75, 3.05) is 6.61 Å². The topological polar surface area (TPSA) is 26.3 Å². The van der Waals surface area contributed by atoms with E-state index in [1.54, 1.807) is 0 Å². The summed E-state index contributed by atoms with van der Waals surface area (Å²) in [5, 5.41) is 0. The molecular formula is C4H7BrO2Zn. The van der Waals surface area contributed by atoms with Gasteiger partial charge in [0.2, 0.25) is 0 Å². The first-order valence-corrected chi connectivity index (χ1v) is 8.91. The molecule has 0 aromatic rings. The molecule has 0 saturated carbocycles. The van der Waals surface area contributed by atoms with Crippen molar-refractivity contribution >= 4 is 19.6 Å². The molecule has 44 valence electrons. The van der Waals surface area contributed by atoms with Gasteiger partial charge >= 0.3 is 30.0 Å². The molecule has 4 heteroatoms. The van der Waals surface area contributed by atoms with Crippen LogP contribution in [0.25, 0.3) is 0 Å². The van der Waals surface area contributed by atoms with Crippen LogP contribution < -0.4 is 0 Å². The zero-order valence-corrected chi connectivity index (χ0v) is 9.37. The fourth-order valence-corrected chi connectivity index (χ4v) is 0.144. The molecule has 0 heterocycles. The molecule has 0 saturated heterocycles. The molecular weight excluding hydrogens is 225 g/mol. The Labute approximate surface area is 66.0 Å². The molecule has 0 amide bonds. The molecule has 0 rings (SSSR count).